The van der Waals surface area contributed by atoms with Gasteiger partial charge in [0.05, 0.1) is 6.26 Å². The summed E-state index contributed by atoms with van der Waals surface area (Å²) in [6.45, 7) is 0.630. The first-order chi connectivity index (χ1) is 6.90. The van der Waals surface area contributed by atoms with Crippen LogP contribution in [0, 0.1) is 0 Å². The van der Waals surface area contributed by atoms with Gasteiger partial charge in [-0.15, -0.1) is 11.3 Å². The number of rotatable bonds is 4. The van der Waals surface area contributed by atoms with E-state index in [0.717, 1.165) is 12.2 Å². The van der Waals surface area contributed by atoms with Crippen molar-refractivity contribution in [2.24, 2.45) is 5.73 Å². The number of hydrogen-bond donors (Lipinski definition) is 1. The maximum Gasteiger partial charge on any atom is 0.108 e. The van der Waals surface area contributed by atoms with Gasteiger partial charge in [0.1, 0.15) is 5.76 Å². The average molecular weight is 207 g/mol. The maximum absolute atomic E-state index is 5.73. The molecular weight excluding hydrogens is 194 g/mol. The van der Waals surface area contributed by atoms with E-state index < -0.39 is 0 Å². The lowest BCUT2D eigenvalue weighted by Crippen LogP contribution is -2.13. The summed E-state index contributed by atoms with van der Waals surface area (Å²) in [7, 11) is 0. The van der Waals surface area contributed by atoms with Crippen LogP contribution in [0.1, 0.15) is 16.6 Å². The van der Waals surface area contributed by atoms with E-state index in [4.69, 9.17) is 10.2 Å². The van der Waals surface area contributed by atoms with Crippen LogP contribution in [0.25, 0.3) is 0 Å². The van der Waals surface area contributed by atoms with E-state index in [1.807, 2.05) is 12.1 Å². The van der Waals surface area contributed by atoms with Crippen molar-refractivity contribution < 1.29 is 4.42 Å². The van der Waals surface area contributed by atoms with Crippen molar-refractivity contribution in [1.82, 2.24) is 0 Å². The van der Waals surface area contributed by atoms with Crippen molar-refractivity contribution >= 4 is 11.3 Å². The third kappa shape index (κ3) is 2.05. The van der Waals surface area contributed by atoms with E-state index in [-0.39, 0.29) is 0 Å². The molecule has 0 aliphatic heterocycles. The second-order valence-corrected chi connectivity index (χ2v) is 4.26. The Morgan fingerprint density at radius 1 is 1.36 bits per heavy atom. The number of furan rings is 1. The van der Waals surface area contributed by atoms with Gasteiger partial charge in [-0.2, -0.15) is 0 Å². The van der Waals surface area contributed by atoms with Gasteiger partial charge in [0.2, 0.25) is 0 Å². The molecule has 1 unspecified atom stereocenters. The predicted molar refractivity (Wildman–Crippen MR) is 58.5 cm³/mol. The highest BCUT2D eigenvalue weighted by atomic mass is 32.1. The zero-order valence-electron chi connectivity index (χ0n) is 7.85. The zero-order chi connectivity index (χ0) is 9.80. The highest BCUT2D eigenvalue weighted by Crippen LogP contribution is 2.22. The third-order valence-corrected chi connectivity index (χ3v) is 3.16. The van der Waals surface area contributed by atoms with Crippen LogP contribution < -0.4 is 5.73 Å². The van der Waals surface area contributed by atoms with Crippen LogP contribution in [0.5, 0.6) is 0 Å². The van der Waals surface area contributed by atoms with E-state index in [1.54, 1.807) is 17.6 Å². The first-order valence-corrected chi connectivity index (χ1v) is 5.54. The van der Waals surface area contributed by atoms with E-state index >= 15 is 0 Å². The van der Waals surface area contributed by atoms with E-state index in [2.05, 4.69) is 17.5 Å². The van der Waals surface area contributed by atoms with Crippen LogP contribution in [-0.4, -0.2) is 6.54 Å². The molecule has 2 aromatic rings. The number of nitrogens with two attached hydrogens (primary N) is 1. The molecule has 0 fully saturated rings. The minimum absolute atomic E-state index is 0.309. The summed E-state index contributed by atoms with van der Waals surface area (Å²) in [5.74, 6) is 1.30. The van der Waals surface area contributed by atoms with Crippen molar-refractivity contribution in [3.05, 3.63) is 46.5 Å². The average Bonchev–Trinajstić information content (AvgIpc) is 2.86. The Hall–Kier alpha value is -1.06. The summed E-state index contributed by atoms with van der Waals surface area (Å²) in [4.78, 5) is 1.36. The number of thiophene rings is 1. The Morgan fingerprint density at radius 2 is 2.29 bits per heavy atom. The Labute approximate surface area is 87.4 Å². The lowest BCUT2D eigenvalue weighted by molar-refractivity contribution is 0.463. The van der Waals surface area contributed by atoms with Gasteiger partial charge in [-0.1, -0.05) is 6.07 Å². The molecule has 0 saturated heterocycles. The van der Waals surface area contributed by atoms with Gasteiger partial charge >= 0.3 is 0 Å². The van der Waals surface area contributed by atoms with Crippen molar-refractivity contribution in [2.45, 2.75) is 12.3 Å². The van der Waals surface area contributed by atoms with Gasteiger partial charge in [-0.25, -0.2) is 0 Å². The summed E-state index contributed by atoms with van der Waals surface area (Å²) in [6.07, 6.45) is 2.67. The lowest BCUT2D eigenvalue weighted by atomic mass is 10.0. The second kappa shape index (κ2) is 4.44. The minimum Gasteiger partial charge on any atom is -0.469 e. The fraction of sp³-hybridized carbons (Fsp3) is 0.273. The van der Waals surface area contributed by atoms with Gasteiger partial charge in [0.25, 0.3) is 0 Å². The molecule has 0 amide bonds. The second-order valence-electron chi connectivity index (χ2n) is 3.23. The van der Waals surface area contributed by atoms with Crippen LogP contribution in [0.2, 0.25) is 0 Å². The van der Waals surface area contributed by atoms with E-state index in [0.29, 0.717) is 12.5 Å². The summed E-state index contributed by atoms with van der Waals surface area (Å²) in [5, 5.41) is 2.09. The number of hydrogen-bond acceptors (Lipinski definition) is 3. The fourth-order valence-electron chi connectivity index (χ4n) is 1.50. The highest BCUT2D eigenvalue weighted by Gasteiger charge is 2.13. The molecular formula is C11H13NOS. The smallest absolute Gasteiger partial charge is 0.108 e. The topological polar surface area (TPSA) is 39.2 Å². The maximum atomic E-state index is 5.73. The molecule has 0 aliphatic rings. The Balaban J connectivity index is 2.08. The quantitative estimate of drug-likeness (QED) is 0.837. The molecule has 2 aromatic heterocycles. The van der Waals surface area contributed by atoms with Crippen molar-refractivity contribution in [3.63, 3.8) is 0 Å². The van der Waals surface area contributed by atoms with Gasteiger partial charge < -0.3 is 10.2 Å². The SMILES string of the molecule is NCC(Cc1cccs1)c1ccco1. The molecule has 0 aromatic carbocycles. The molecule has 1 atom stereocenters. The van der Waals surface area contributed by atoms with Crippen LogP contribution in [0.15, 0.2) is 40.3 Å². The summed E-state index contributed by atoms with van der Waals surface area (Å²) in [6, 6.07) is 8.10. The van der Waals surface area contributed by atoms with Gasteiger partial charge in [0.15, 0.2) is 0 Å². The van der Waals surface area contributed by atoms with E-state index in [9.17, 15) is 0 Å². The molecule has 0 radical (unpaired) electrons. The monoisotopic (exact) mass is 207 g/mol. The standard InChI is InChI=1S/C11H13NOS/c12-8-9(11-4-1-5-13-11)7-10-3-2-6-14-10/h1-6,9H,7-8,12H2. The fourth-order valence-corrected chi connectivity index (χ4v) is 2.28. The Kier molecular flexibility index (Phi) is 3.01. The first-order valence-electron chi connectivity index (χ1n) is 4.66. The third-order valence-electron chi connectivity index (χ3n) is 2.26. The van der Waals surface area contributed by atoms with Gasteiger partial charge in [-0.05, 0) is 30.0 Å². The largest absolute Gasteiger partial charge is 0.469 e. The van der Waals surface area contributed by atoms with Gasteiger partial charge in [0, 0.05) is 17.3 Å². The predicted octanol–water partition coefficient (Wildman–Crippen LogP) is 2.63. The summed E-state index contributed by atoms with van der Waals surface area (Å²) < 4.78 is 5.36. The Morgan fingerprint density at radius 3 is 2.86 bits per heavy atom. The molecule has 3 heteroatoms. The van der Waals surface area contributed by atoms with Crippen LogP contribution in [0.3, 0.4) is 0 Å². The van der Waals surface area contributed by atoms with Crippen molar-refractivity contribution in [1.29, 1.82) is 0 Å². The molecule has 74 valence electrons. The summed E-state index contributed by atoms with van der Waals surface area (Å²) >= 11 is 1.77. The molecule has 14 heavy (non-hydrogen) atoms. The molecule has 2 rings (SSSR count). The normalized spacial score (nSPS) is 12.9. The molecule has 0 aliphatic carbocycles. The van der Waals surface area contributed by atoms with Crippen LogP contribution in [-0.2, 0) is 6.42 Å². The molecule has 0 saturated carbocycles. The van der Waals surface area contributed by atoms with Crippen LogP contribution in [0.4, 0.5) is 0 Å². The molecule has 2 nitrogen and oxygen atoms in total. The van der Waals surface area contributed by atoms with E-state index in [1.165, 1.54) is 4.88 Å². The minimum atomic E-state index is 0.309. The highest BCUT2D eigenvalue weighted by molar-refractivity contribution is 7.09. The zero-order valence-corrected chi connectivity index (χ0v) is 8.67. The van der Waals surface area contributed by atoms with Gasteiger partial charge in [-0.3, -0.25) is 0 Å². The first kappa shape index (κ1) is 9.49. The molecule has 2 N–H and O–H groups in total. The Bertz CT molecular complexity index is 353. The van der Waals surface area contributed by atoms with Crippen molar-refractivity contribution in [2.75, 3.05) is 6.54 Å². The molecule has 0 bridgehead atoms. The molecule has 2 heterocycles. The summed E-state index contributed by atoms with van der Waals surface area (Å²) in [5.41, 5.74) is 5.73. The van der Waals surface area contributed by atoms with Crippen molar-refractivity contribution in [3.8, 4) is 0 Å². The van der Waals surface area contributed by atoms with Crippen LogP contribution >= 0.6 is 11.3 Å². The molecule has 0 spiro atoms. The lowest BCUT2D eigenvalue weighted by Gasteiger charge is -2.09.